The van der Waals surface area contributed by atoms with E-state index in [2.05, 4.69) is 34.7 Å². The molecule has 2 aromatic rings. The first-order chi connectivity index (χ1) is 7.26. The fourth-order valence-electron chi connectivity index (χ4n) is 1.90. The summed E-state index contributed by atoms with van der Waals surface area (Å²) in [6.07, 6.45) is 1.03. The predicted octanol–water partition coefficient (Wildman–Crippen LogP) is 1.90. The van der Waals surface area contributed by atoms with Crippen molar-refractivity contribution >= 4 is 11.0 Å². The molecule has 3 nitrogen and oxygen atoms in total. The van der Waals surface area contributed by atoms with Crippen LogP contribution in [0.5, 0.6) is 0 Å². The van der Waals surface area contributed by atoms with Gasteiger partial charge in [0, 0.05) is 6.54 Å². The second-order valence-electron chi connectivity index (χ2n) is 3.71. The van der Waals surface area contributed by atoms with Gasteiger partial charge in [-0.25, -0.2) is 4.98 Å². The van der Waals surface area contributed by atoms with Gasteiger partial charge in [-0.15, -0.1) is 0 Å². The summed E-state index contributed by atoms with van der Waals surface area (Å²) in [7, 11) is 0. The standard InChI is InChI=1S/C12H16N2O/c1-3-10-4-5-12-11(8-10)13-9(2)14(12)6-7-15/h4-5,8,15H,3,6-7H2,1-2H3. The molecule has 0 fully saturated rings. The molecule has 80 valence electrons. The minimum absolute atomic E-state index is 0.155. The van der Waals surface area contributed by atoms with E-state index in [0.717, 1.165) is 23.3 Å². The summed E-state index contributed by atoms with van der Waals surface area (Å²) in [5.41, 5.74) is 3.44. The van der Waals surface area contributed by atoms with Crippen LogP contribution in [0.1, 0.15) is 18.3 Å². The van der Waals surface area contributed by atoms with Gasteiger partial charge in [-0.1, -0.05) is 13.0 Å². The molecule has 0 unspecified atom stereocenters. The van der Waals surface area contributed by atoms with Gasteiger partial charge >= 0.3 is 0 Å². The van der Waals surface area contributed by atoms with Gasteiger partial charge in [0.15, 0.2) is 0 Å². The molecule has 0 atom stereocenters. The quantitative estimate of drug-likeness (QED) is 0.829. The molecule has 1 N–H and O–H groups in total. The topological polar surface area (TPSA) is 38.0 Å². The molecule has 0 spiro atoms. The van der Waals surface area contributed by atoms with Crippen molar-refractivity contribution in [1.29, 1.82) is 0 Å². The Hall–Kier alpha value is -1.35. The van der Waals surface area contributed by atoms with Crippen LogP contribution in [-0.4, -0.2) is 21.3 Å². The summed E-state index contributed by atoms with van der Waals surface area (Å²) in [5, 5.41) is 8.97. The number of aliphatic hydroxyl groups is 1. The van der Waals surface area contributed by atoms with Crippen LogP contribution in [0.2, 0.25) is 0 Å². The maximum atomic E-state index is 8.97. The molecule has 0 radical (unpaired) electrons. The number of aliphatic hydroxyl groups excluding tert-OH is 1. The summed E-state index contributed by atoms with van der Waals surface area (Å²) in [6.45, 7) is 4.88. The van der Waals surface area contributed by atoms with E-state index in [4.69, 9.17) is 5.11 Å². The van der Waals surface area contributed by atoms with Gasteiger partial charge in [-0.05, 0) is 31.0 Å². The van der Waals surface area contributed by atoms with Gasteiger partial charge in [-0.3, -0.25) is 0 Å². The number of imidazole rings is 1. The summed E-state index contributed by atoms with van der Waals surface area (Å²) < 4.78 is 2.05. The Morgan fingerprint density at radius 1 is 1.40 bits per heavy atom. The van der Waals surface area contributed by atoms with E-state index >= 15 is 0 Å². The van der Waals surface area contributed by atoms with Gasteiger partial charge in [0.1, 0.15) is 5.82 Å². The molecular weight excluding hydrogens is 188 g/mol. The predicted molar refractivity (Wildman–Crippen MR) is 60.9 cm³/mol. The summed E-state index contributed by atoms with van der Waals surface area (Å²) in [6, 6.07) is 6.33. The van der Waals surface area contributed by atoms with E-state index in [1.165, 1.54) is 5.56 Å². The van der Waals surface area contributed by atoms with Gasteiger partial charge in [0.2, 0.25) is 0 Å². The minimum atomic E-state index is 0.155. The molecule has 0 aliphatic rings. The van der Waals surface area contributed by atoms with Crippen molar-refractivity contribution in [1.82, 2.24) is 9.55 Å². The zero-order valence-corrected chi connectivity index (χ0v) is 9.20. The maximum absolute atomic E-state index is 8.97. The molecule has 0 amide bonds. The summed E-state index contributed by atoms with van der Waals surface area (Å²) in [5.74, 6) is 0.965. The molecule has 0 saturated heterocycles. The van der Waals surface area contributed by atoms with Crippen molar-refractivity contribution in [2.45, 2.75) is 26.8 Å². The molecule has 0 aliphatic heterocycles. The monoisotopic (exact) mass is 204 g/mol. The third kappa shape index (κ3) is 1.75. The van der Waals surface area contributed by atoms with Gasteiger partial charge in [0.05, 0.1) is 17.6 Å². The fourth-order valence-corrected chi connectivity index (χ4v) is 1.90. The first-order valence-corrected chi connectivity index (χ1v) is 5.33. The number of hydrogen-bond acceptors (Lipinski definition) is 2. The smallest absolute Gasteiger partial charge is 0.106 e. The number of rotatable bonds is 3. The molecule has 2 rings (SSSR count). The Morgan fingerprint density at radius 3 is 2.87 bits per heavy atom. The third-order valence-corrected chi connectivity index (χ3v) is 2.74. The normalized spacial score (nSPS) is 11.1. The van der Waals surface area contributed by atoms with Crippen LogP contribution in [0.25, 0.3) is 11.0 Å². The highest BCUT2D eigenvalue weighted by Gasteiger charge is 2.06. The van der Waals surface area contributed by atoms with Crippen LogP contribution in [0.3, 0.4) is 0 Å². The maximum Gasteiger partial charge on any atom is 0.106 e. The molecule has 1 aromatic heterocycles. The van der Waals surface area contributed by atoms with E-state index in [9.17, 15) is 0 Å². The van der Waals surface area contributed by atoms with Crippen molar-refractivity contribution in [3.8, 4) is 0 Å². The highest BCUT2D eigenvalue weighted by molar-refractivity contribution is 5.76. The molecule has 3 heteroatoms. The second-order valence-corrected chi connectivity index (χ2v) is 3.71. The molecule has 0 saturated carbocycles. The van der Waals surface area contributed by atoms with Crippen molar-refractivity contribution in [2.75, 3.05) is 6.61 Å². The largest absolute Gasteiger partial charge is 0.395 e. The number of benzene rings is 1. The van der Waals surface area contributed by atoms with E-state index in [-0.39, 0.29) is 6.61 Å². The lowest BCUT2D eigenvalue weighted by Gasteiger charge is -2.03. The third-order valence-electron chi connectivity index (χ3n) is 2.74. The average Bonchev–Trinajstić information content (AvgIpc) is 2.55. The van der Waals surface area contributed by atoms with E-state index in [0.29, 0.717) is 6.54 Å². The molecule has 15 heavy (non-hydrogen) atoms. The van der Waals surface area contributed by atoms with Crippen LogP contribution in [0.4, 0.5) is 0 Å². The Kier molecular flexibility index (Phi) is 2.73. The van der Waals surface area contributed by atoms with Crippen LogP contribution >= 0.6 is 0 Å². The average molecular weight is 204 g/mol. The van der Waals surface area contributed by atoms with Gasteiger partial charge in [0.25, 0.3) is 0 Å². The first kappa shape index (κ1) is 10.2. The zero-order valence-electron chi connectivity index (χ0n) is 9.20. The SMILES string of the molecule is CCc1ccc2c(c1)nc(C)n2CCO. The number of nitrogens with zero attached hydrogens (tertiary/aromatic N) is 2. The lowest BCUT2D eigenvalue weighted by atomic mass is 10.1. The van der Waals surface area contributed by atoms with Crippen molar-refractivity contribution in [2.24, 2.45) is 0 Å². The van der Waals surface area contributed by atoms with Crippen molar-refractivity contribution < 1.29 is 5.11 Å². The van der Waals surface area contributed by atoms with E-state index in [1.807, 2.05) is 6.92 Å². The lowest BCUT2D eigenvalue weighted by molar-refractivity contribution is 0.276. The highest BCUT2D eigenvalue weighted by Crippen LogP contribution is 2.17. The zero-order chi connectivity index (χ0) is 10.8. The Bertz CT molecular complexity index is 474. The van der Waals surface area contributed by atoms with Crippen LogP contribution < -0.4 is 0 Å². The van der Waals surface area contributed by atoms with Crippen molar-refractivity contribution in [3.63, 3.8) is 0 Å². The number of aryl methyl sites for hydroxylation is 2. The number of aromatic nitrogens is 2. The number of fused-ring (bicyclic) bond motifs is 1. The Balaban J connectivity index is 2.58. The second kappa shape index (κ2) is 4.03. The Labute approximate surface area is 89.4 Å². The molecule has 0 bridgehead atoms. The van der Waals surface area contributed by atoms with E-state index < -0.39 is 0 Å². The number of hydrogen-bond donors (Lipinski definition) is 1. The van der Waals surface area contributed by atoms with Crippen LogP contribution in [0.15, 0.2) is 18.2 Å². The molecule has 1 heterocycles. The molecule has 1 aromatic carbocycles. The van der Waals surface area contributed by atoms with Gasteiger partial charge in [-0.2, -0.15) is 0 Å². The van der Waals surface area contributed by atoms with Gasteiger partial charge < -0.3 is 9.67 Å². The van der Waals surface area contributed by atoms with Crippen LogP contribution in [-0.2, 0) is 13.0 Å². The lowest BCUT2D eigenvalue weighted by Crippen LogP contribution is -2.03. The molecule has 0 aliphatic carbocycles. The summed E-state index contributed by atoms with van der Waals surface area (Å²) >= 11 is 0. The fraction of sp³-hybridized carbons (Fsp3) is 0.417. The van der Waals surface area contributed by atoms with E-state index in [1.54, 1.807) is 0 Å². The first-order valence-electron chi connectivity index (χ1n) is 5.33. The van der Waals surface area contributed by atoms with Crippen molar-refractivity contribution in [3.05, 3.63) is 29.6 Å². The Morgan fingerprint density at radius 2 is 2.20 bits per heavy atom. The highest BCUT2D eigenvalue weighted by atomic mass is 16.3. The summed E-state index contributed by atoms with van der Waals surface area (Å²) in [4.78, 5) is 4.49. The minimum Gasteiger partial charge on any atom is -0.395 e. The van der Waals surface area contributed by atoms with Crippen LogP contribution in [0, 0.1) is 6.92 Å². The molecular formula is C12H16N2O.